The van der Waals surface area contributed by atoms with E-state index >= 15 is 0 Å². The van der Waals surface area contributed by atoms with Gasteiger partial charge in [0, 0.05) is 6.54 Å². The largest absolute Gasteiger partial charge is 0.325 e. The van der Waals surface area contributed by atoms with E-state index in [1.165, 1.54) is 0 Å². The fourth-order valence-electron chi connectivity index (χ4n) is 2.48. The molecule has 18 heavy (non-hydrogen) atoms. The summed E-state index contributed by atoms with van der Waals surface area (Å²) in [6, 6.07) is 0. The summed E-state index contributed by atoms with van der Waals surface area (Å²) in [7, 11) is 0. The van der Waals surface area contributed by atoms with Gasteiger partial charge in [-0.1, -0.05) is 41.0 Å². The summed E-state index contributed by atoms with van der Waals surface area (Å²) in [5.74, 6) is 0.282. The second kappa shape index (κ2) is 5.60. The van der Waals surface area contributed by atoms with E-state index in [0.29, 0.717) is 0 Å². The van der Waals surface area contributed by atoms with Crippen LogP contribution >= 0.6 is 0 Å². The molecule has 0 aromatic rings. The fraction of sp³-hybridized carbons (Fsp3) is 0.933. The molecule has 0 saturated carbocycles. The monoisotopic (exact) mass is 254 g/mol. The standard InChI is InChI=1S/C15H30N2O/c1-7-10-12-16-15(6,9-3)13(18)17(12)11-14(4,5)8-2/h12,16H,7-11H2,1-6H3. The minimum absolute atomic E-state index is 0.197. The van der Waals surface area contributed by atoms with Crippen LogP contribution in [0.4, 0.5) is 0 Å². The Morgan fingerprint density at radius 1 is 1.33 bits per heavy atom. The maximum absolute atomic E-state index is 12.6. The Bertz CT molecular complexity index is 301. The molecule has 1 rings (SSSR count). The summed E-state index contributed by atoms with van der Waals surface area (Å²) in [5.41, 5.74) is -0.161. The van der Waals surface area contributed by atoms with Crippen LogP contribution in [-0.2, 0) is 4.79 Å². The molecular formula is C15H30N2O. The highest BCUT2D eigenvalue weighted by molar-refractivity contribution is 5.88. The van der Waals surface area contributed by atoms with E-state index in [9.17, 15) is 4.79 Å². The Morgan fingerprint density at radius 2 is 1.94 bits per heavy atom. The zero-order valence-corrected chi connectivity index (χ0v) is 13.0. The van der Waals surface area contributed by atoms with Crippen LogP contribution in [0.2, 0.25) is 0 Å². The number of rotatable bonds is 6. The van der Waals surface area contributed by atoms with Crippen molar-refractivity contribution in [2.24, 2.45) is 5.41 Å². The van der Waals surface area contributed by atoms with Crippen molar-refractivity contribution in [3.8, 4) is 0 Å². The van der Waals surface area contributed by atoms with E-state index in [4.69, 9.17) is 0 Å². The lowest BCUT2D eigenvalue weighted by molar-refractivity contribution is -0.134. The Balaban J connectivity index is 2.88. The van der Waals surface area contributed by atoms with Crippen LogP contribution in [0.1, 0.15) is 67.2 Å². The van der Waals surface area contributed by atoms with Crippen molar-refractivity contribution in [1.82, 2.24) is 10.2 Å². The van der Waals surface area contributed by atoms with Crippen LogP contribution < -0.4 is 5.32 Å². The SMILES string of the molecule is CCCC1NC(C)(CC)C(=O)N1CC(C)(C)CC. The molecule has 0 aromatic carbocycles. The second-order valence-electron chi connectivity index (χ2n) is 6.59. The van der Waals surface area contributed by atoms with Crippen LogP contribution in [0, 0.1) is 5.41 Å². The van der Waals surface area contributed by atoms with Crippen molar-refractivity contribution < 1.29 is 4.79 Å². The van der Waals surface area contributed by atoms with Gasteiger partial charge in [0.2, 0.25) is 5.91 Å². The smallest absolute Gasteiger partial charge is 0.243 e. The molecule has 1 fully saturated rings. The summed E-state index contributed by atoms with van der Waals surface area (Å²) < 4.78 is 0. The highest BCUT2D eigenvalue weighted by Crippen LogP contribution is 2.30. The first-order chi connectivity index (χ1) is 8.29. The Morgan fingerprint density at radius 3 is 2.39 bits per heavy atom. The number of carbonyl (C=O) groups is 1. The molecule has 0 aromatic heterocycles. The van der Waals surface area contributed by atoms with Crippen LogP contribution in [0.25, 0.3) is 0 Å². The first kappa shape index (κ1) is 15.5. The zero-order valence-electron chi connectivity index (χ0n) is 13.0. The van der Waals surface area contributed by atoms with Gasteiger partial charge in [-0.05, 0) is 31.6 Å². The van der Waals surface area contributed by atoms with Crippen molar-refractivity contribution in [3.05, 3.63) is 0 Å². The number of amides is 1. The molecular weight excluding hydrogens is 224 g/mol. The van der Waals surface area contributed by atoms with Crippen molar-refractivity contribution in [1.29, 1.82) is 0 Å². The lowest BCUT2D eigenvalue weighted by Crippen LogP contribution is -2.44. The summed E-state index contributed by atoms with van der Waals surface area (Å²) in [5, 5.41) is 3.54. The molecule has 2 unspecified atom stereocenters. The van der Waals surface area contributed by atoms with Gasteiger partial charge in [0.25, 0.3) is 0 Å². The molecule has 1 saturated heterocycles. The van der Waals surface area contributed by atoms with Crippen LogP contribution in [-0.4, -0.2) is 29.1 Å². The minimum atomic E-state index is -0.357. The van der Waals surface area contributed by atoms with Gasteiger partial charge in [0.05, 0.1) is 11.7 Å². The molecule has 0 bridgehead atoms. The van der Waals surface area contributed by atoms with Gasteiger partial charge in [-0.3, -0.25) is 10.1 Å². The Labute approximate surface area is 112 Å². The Kier molecular flexibility index (Phi) is 4.82. The summed E-state index contributed by atoms with van der Waals surface area (Å²) in [4.78, 5) is 14.7. The average molecular weight is 254 g/mol. The van der Waals surface area contributed by atoms with Gasteiger partial charge in [-0.2, -0.15) is 0 Å². The van der Waals surface area contributed by atoms with Crippen molar-refractivity contribution >= 4 is 5.91 Å². The number of nitrogens with one attached hydrogen (secondary N) is 1. The third-order valence-corrected chi connectivity index (χ3v) is 4.42. The molecule has 0 radical (unpaired) electrons. The summed E-state index contributed by atoms with van der Waals surface area (Å²) in [6.45, 7) is 13.8. The van der Waals surface area contributed by atoms with Gasteiger partial charge in [-0.15, -0.1) is 0 Å². The van der Waals surface area contributed by atoms with Crippen LogP contribution in [0.5, 0.6) is 0 Å². The maximum atomic E-state index is 12.6. The first-order valence-corrected chi connectivity index (χ1v) is 7.38. The van der Waals surface area contributed by atoms with Crippen LogP contribution in [0.15, 0.2) is 0 Å². The number of hydrogen-bond acceptors (Lipinski definition) is 2. The van der Waals surface area contributed by atoms with Gasteiger partial charge in [-0.25, -0.2) is 0 Å². The van der Waals surface area contributed by atoms with Gasteiger partial charge in [0.15, 0.2) is 0 Å². The minimum Gasteiger partial charge on any atom is -0.325 e. The Hall–Kier alpha value is -0.570. The lowest BCUT2D eigenvalue weighted by Gasteiger charge is -2.33. The fourth-order valence-corrected chi connectivity index (χ4v) is 2.48. The molecule has 1 aliphatic heterocycles. The summed E-state index contributed by atoms with van der Waals surface area (Å²) in [6.07, 6.45) is 4.32. The molecule has 106 valence electrons. The molecule has 1 amide bonds. The molecule has 0 aliphatic carbocycles. The summed E-state index contributed by atoms with van der Waals surface area (Å²) >= 11 is 0. The van der Waals surface area contributed by atoms with Gasteiger partial charge < -0.3 is 4.90 Å². The predicted octanol–water partition coefficient (Wildman–Crippen LogP) is 3.15. The quantitative estimate of drug-likeness (QED) is 0.789. The first-order valence-electron chi connectivity index (χ1n) is 7.38. The highest BCUT2D eigenvalue weighted by Gasteiger charge is 2.47. The molecule has 1 heterocycles. The van der Waals surface area contributed by atoms with Gasteiger partial charge >= 0.3 is 0 Å². The molecule has 2 atom stereocenters. The molecule has 1 aliphatic rings. The average Bonchev–Trinajstić information content (AvgIpc) is 2.55. The van der Waals surface area contributed by atoms with Crippen molar-refractivity contribution in [3.63, 3.8) is 0 Å². The van der Waals surface area contributed by atoms with Gasteiger partial charge in [0.1, 0.15) is 0 Å². The lowest BCUT2D eigenvalue weighted by atomic mass is 9.89. The topological polar surface area (TPSA) is 32.3 Å². The van der Waals surface area contributed by atoms with Crippen molar-refractivity contribution in [2.45, 2.75) is 78.9 Å². The van der Waals surface area contributed by atoms with E-state index in [1.807, 2.05) is 6.92 Å². The molecule has 3 nitrogen and oxygen atoms in total. The van der Waals surface area contributed by atoms with Crippen molar-refractivity contribution in [2.75, 3.05) is 6.54 Å². The molecule has 1 N–H and O–H groups in total. The highest BCUT2D eigenvalue weighted by atomic mass is 16.2. The zero-order chi connectivity index (χ0) is 14.0. The third-order valence-electron chi connectivity index (χ3n) is 4.42. The number of carbonyl (C=O) groups excluding carboxylic acids is 1. The maximum Gasteiger partial charge on any atom is 0.243 e. The number of hydrogen-bond donors (Lipinski definition) is 1. The predicted molar refractivity (Wildman–Crippen MR) is 76.3 cm³/mol. The third kappa shape index (κ3) is 3.05. The number of nitrogens with zero attached hydrogens (tertiary/aromatic N) is 1. The molecule has 0 spiro atoms. The van der Waals surface area contributed by atoms with E-state index in [-0.39, 0.29) is 23.0 Å². The molecule has 3 heteroatoms. The van der Waals surface area contributed by atoms with E-state index in [0.717, 1.165) is 32.2 Å². The van der Waals surface area contributed by atoms with E-state index in [2.05, 4.69) is 44.8 Å². The normalized spacial score (nSPS) is 29.1. The second-order valence-corrected chi connectivity index (χ2v) is 6.59. The van der Waals surface area contributed by atoms with E-state index in [1.54, 1.807) is 0 Å². The van der Waals surface area contributed by atoms with Crippen LogP contribution in [0.3, 0.4) is 0 Å². The van der Waals surface area contributed by atoms with E-state index < -0.39 is 0 Å².